The Hall–Kier alpha value is -1.09. The Bertz CT molecular complexity index is 225. The van der Waals surface area contributed by atoms with Crippen LogP contribution in [0.1, 0.15) is 13.3 Å². The maximum absolute atomic E-state index is 5.76. The van der Waals surface area contributed by atoms with Gasteiger partial charge in [-0.2, -0.15) is 0 Å². The standard InChI is InChI=1S/C8H13N3/c1-3-8(9)7(2)11-5-4-10-6-11/h4-6,8H,2-3,9H2,1H3. The van der Waals surface area contributed by atoms with Crippen molar-refractivity contribution in [2.24, 2.45) is 5.73 Å². The van der Waals surface area contributed by atoms with Crippen LogP contribution in [0.4, 0.5) is 0 Å². The molecule has 0 aliphatic heterocycles. The summed E-state index contributed by atoms with van der Waals surface area (Å²) in [6.07, 6.45) is 6.17. The Morgan fingerprint density at radius 1 is 1.82 bits per heavy atom. The van der Waals surface area contributed by atoms with E-state index in [-0.39, 0.29) is 6.04 Å². The number of aromatic nitrogens is 2. The van der Waals surface area contributed by atoms with Crippen LogP contribution in [0.5, 0.6) is 0 Å². The molecule has 1 aromatic rings. The molecule has 0 aliphatic rings. The van der Waals surface area contributed by atoms with Gasteiger partial charge in [-0.15, -0.1) is 0 Å². The fourth-order valence-electron chi connectivity index (χ4n) is 0.856. The Morgan fingerprint density at radius 3 is 3.00 bits per heavy atom. The van der Waals surface area contributed by atoms with Gasteiger partial charge in [-0.05, 0) is 6.42 Å². The van der Waals surface area contributed by atoms with Gasteiger partial charge in [0.25, 0.3) is 0 Å². The molecule has 3 nitrogen and oxygen atoms in total. The van der Waals surface area contributed by atoms with Crippen LogP contribution in [-0.2, 0) is 0 Å². The summed E-state index contributed by atoms with van der Waals surface area (Å²) in [5.41, 5.74) is 6.65. The van der Waals surface area contributed by atoms with Crippen LogP contribution in [-0.4, -0.2) is 15.6 Å². The molecule has 11 heavy (non-hydrogen) atoms. The topological polar surface area (TPSA) is 43.8 Å². The quantitative estimate of drug-likeness (QED) is 0.702. The highest BCUT2D eigenvalue weighted by atomic mass is 15.0. The normalized spacial score (nSPS) is 12.9. The average molecular weight is 151 g/mol. The molecule has 0 saturated heterocycles. The molecule has 1 atom stereocenters. The first-order valence-electron chi connectivity index (χ1n) is 3.68. The van der Waals surface area contributed by atoms with Crippen LogP contribution in [0.3, 0.4) is 0 Å². The largest absolute Gasteiger partial charge is 0.323 e. The molecule has 0 fully saturated rings. The minimum Gasteiger partial charge on any atom is -0.323 e. The summed E-state index contributed by atoms with van der Waals surface area (Å²) in [7, 11) is 0. The SMILES string of the molecule is C=C(C(N)CC)n1ccnc1. The second kappa shape index (κ2) is 3.34. The van der Waals surface area contributed by atoms with E-state index < -0.39 is 0 Å². The zero-order valence-corrected chi connectivity index (χ0v) is 6.70. The fraction of sp³-hybridized carbons (Fsp3) is 0.375. The van der Waals surface area contributed by atoms with Crippen molar-refractivity contribution >= 4 is 5.70 Å². The van der Waals surface area contributed by atoms with E-state index in [9.17, 15) is 0 Å². The Balaban J connectivity index is 2.70. The van der Waals surface area contributed by atoms with E-state index in [1.807, 2.05) is 17.7 Å². The van der Waals surface area contributed by atoms with Crippen LogP contribution >= 0.6 is 0 Å². The second-order valence-corrected chi connectivity index (χ2v) is 2.48. The van der Waals surface area contributed by atoms with Crippen LogP contribution in [0, 0.1) is 0 Å². The fourth-order valence-corrected chi connectivity index (χ4v) is 0.856. The molecule has 1 rings (SSSR count). The number of nitrogens with zero attached hydrogens (tertiary/aromatic N) is 2. The third kappa shape index (κ3) is 1.68. The molecule has 2 N–H and O–H groups in total. The smallest absolute Gasteiger partial charge is 0.0989 e. The first kappa shape index (κ1) is 8.01. The third-order valence-corrected chi connectivity index (χ3v) is 1.70. The number of rotatable bonds is 3. The van der Waals surface area contributed by atoms with Gasteiger partial charge in [0, 0.05) is 24.1 Å². The monoisotopic (exact) mass is 151 g/mol. The highest BCUT2D eigenvalue weighted by Crippen LogP contribution is 2.06. The lowest BCUT2D eigenvalue weighted by Gasteiger charge is -2.12. The van der Waals surface area contributed by atoms with E-state index in [0.717, 1.165) is 12.1 Å². The zero-order valence-electron chi connectivity index (χ0n) is 6.70. The summed E-state index contributed by atoms with van der Waals surface area (Å²) < 4.78 is 1.84. The lowest BCUT2D eigenvalue weighted by molar-refractivity contribution is 0.760. The van der Waals surface area contributed by atoms with E-state index in [4.69, 9.17) is 5.73 Å². The summed E-state index contributed by atoms with van der Waals surface area (Å²) in [5.74, 6) is 0. The van der Waals surface area contributed by atoms with Gasteiger partial charge in [-0.3, -0.25) is 0 Å². The molecular weight excluding hydrogens is 138 g/mol. The van der Waals surface area contributed by atoms with Gasteiger partial charge in [0.1, 0.15) is 0 Å². The van der Waals surface area contributed by atoms with Crippen molar-refractivity contribution in [2.45, 2.75) is 19.4 Å². The minimum absolute atomic E-state index is 0.0317. The molecule has 60 valence electrons. The maximum Gasteiger partial charge on any atom is 0.0989 e. The van der Waals surface area contributed by atoms with Crippen LogP contribution in [0.25, 0.3) is 5.70 Å². The van der Waals surface area contributed by atoms with Crippen LogP contribution < -0.4 is 5.73 Å². The number of nitrogens with two attached hydrogens (primary N) is 1. The summed E-state index contributed by atoms with van der Waals surface area (Å²) in [5, 5.41) is 0. The van der Waals surface area contributed by atoms with Crippen LogP contribution in [0.15, 0.2) is 25.3 Å². The Labute approximate surface area is 66.5 Å². The molecule has 0 aliphatic carbocycles. The Morgan fingerprint density at radius 2 is 2.55 bits per heavy atom. The zero-order chi connectivity index (χ0) is 8.27. The summed E-state index contributed by atoms with van der Waals surface area (Å²) >= 11 is 0. The van der Waals surface area contributed by atoms with Gasteiger partial charge in [0.05, 0.1) is 6.33 Å². The van der Waals surface area contributed by atoms with Gasteiger partial charge in [-0.1, -0.05) is 13.5 Å². The molecule has 0 radical (unpaired) electrons. The van der Waals surface area contributed by atoms with E-state index in [2.05, 4.69) is 11.6 Å². The molecule has 0 spiro atoms. The van der Waals surface area contributed by atoms with Crippen molar-refractivity contribution in [1.29, 1.82) is 0 Å². The van der Waals surface area contributed by atoms with Gasteiger partial charge in [0.2, 0.25) is 0 Å². The van der Waals surface area contributed by atoms with E-state index in [1.54, 1.807) is 12.5 Å². The van der Waals surface area contributed by atoms with E-state index >= 15 is 0 Å². The molecule has 0 saturated carbocycles. The number of hydrogen-bond acceptors (Lipinski definition) is 2. The van der Waals surface area contributed by atoms with Crippen LogP contribution in [0.2, 0.25) is 0 Å². The first-order valence-corrected chi connectivity index (χ1v) is 3.68. The van der Waals surface area contributed by atoms with Crippen molar-refractivity contribution in [3.05, 3.63) is 25.3 Å². The molecule has 3 heteroatoms. The lowest BCUT2D eigenvalue weighted by atomic mass is 10.2. The van der Waals surface area contributed by atoms with E-state index in [1.165, 1.54) is 0 Å². The van der Waals surface area contributed by atoms with Crippen molar-refractivity contribution in [3.63, 3.8) is 0 Å². The summed E-state index contributed by atoms with van der Waals surface area (Å²) in [4.78, 5) is 3.91. The first-order chi connectivity index (χ1) is 5.25. The van der Waals surface area contributed by atoms with E-state index in [0.29, 0.717) is 0 Å². The average Bonchev–Trinajstić information content (AvgIpc) is 2.53. The number of hydrogen-bond donors (Lipinski definition) is 1. The van der Waals surface area contributed by atoms with Gasteiger partial charge >= 0.3 is 0 Å². The van der Waals surface area contributed by atoms with Crippen molar-refractivity contribution < 1.29 is 0 Å². The van der Waals surface area contributed by atoms with Gasteiger partial charge in [-0.25, -0.2) is 4.98 Å². The van der Waals surface area contributed by atoms with Gasteiger partial charge in [0.15, 0.2) is 0 Å². The molecule has 0 bridgehead atoms. The summed E-state index contributed by atoms with van der Waals surface area (Å²) in [6, 6.07) is 0.0317. The van der Waals surface area contributed by atoms with Crippen molar-refractivity contribution in [3.8, 4) is 0 Å². The third-order valence-electron chi connectivity index (χ3n) is 1.70. The highest BCUT2D eigenvalue weighted by molar-refractivity contribution is 5.46. The molecule has 1 aromatic heterocycles. The van der Waals surface area contributed by atoms with Gasteiger partial charge < -0.3 is 10.3 Å². The minimum atomic E-state index is 0.0317. The summed E-state index contributed by atoms with van der Waals surface area (Å²) in [6.45, 7) is 5.90. The number of imidazole rings is 1. The molecule has 0 aromatic carbocycles. The second-order valence-electron chi connectivity index (χ2n) is 2.48. The molecule has 0 amide bonds. The predicted molar refractivity (Wildman–Crippen MR) is 45.8 cm³/mol. The molecule has 1 unspecified atom stereocenters. The predicted octanol–water partition coefficient (Wildman–Crippen LogP) is 1.09. The Kier molecular flexibility index (Phi) is 2.44. The molecule has 1 heterocycles. The van der Waals surface area contributed by atoms with Crippen molar-refractivity contribution in [2.75, 3.05) is 0 Å². The highest BCUT2D eigenvalue weighted by Gasteiger charge is 2.04. The lowest BCUT2D eigenvalue weighted by Crippen LogP contribution is -2.22. The maximum atomic E-state index is 5.76. The molecular formula is C8H13N3. The van der Waals surface area contributed by atoms with Crippen molar-refractivity contribution in [1.82, 2.24) is 9.55 Å².